The number of nitrogens with one attached hydrogen (secondary N) is 2. The normalized spacial score (nSPS) is 15.8. The minimum Gasteiger partial charge on any atom is -0.475 e. The van der Waals surface area contributed by atoms with Crippen molar-refractivity contribution in [1.82, 2.24) is 24.8 Å². The first kappa shape index (κ1) is 29.9. The molecular formula is C23H20F6N6O5. The van der Waals surface area contributed by atoms with E-state index in [1.165, 1.54) is 0 Å². The largest absolute Gasteiger partial charge is 0.490 e. The van der Waals surface area contributed by atoms with Gasteiger partial charge in [-0.2, -0.15) is 26.3 Å². The van der Waals surface area contributed by atoms with Crippen LogP contribution in [0.5, 0.6) is 0 Å². The van der Waals surface area contributed by atoms with Crippen LogP contribution in [0, 0.1) is 0 Å². The molecule has 3 aromatic heterocycles. The van der Waals surface area contributed by atoms with E-state index in [9.17, 15) is 31.1 Å². The molecule has 2 aliphatic heterocycles. The second-order valence-corrected chi connectivity index (χ2v) is 8.34. The highest BCUT2D eigenvalue weighted by Crippen LogP contribution is 2.42. The Kier molecular flexibility index (Phi) is 8.95. The smallest absolute Gasteiger partial charge is 0.475 e. The number of halogens is 6. The molecule has 4 N–H and O–H groups in total. The van der Waals surface area contributed by atoms with Gasteiger partial charge >= 0.3 is 24.3 Å². The van der Waals surface area contributed by atoms with E-state index < -0.39 is 24.3 Å². The first-order valence-corrected chi connectivity index (χ1v) is 11.3. The Morgan fingerprint density at radius 3 is 2.27 bits per heavy atom. The molecule has 17 heteroatoms. The number of alkyl halides is 6. The highest BCUT2D eigenvalue weighted by atomic mass is 19.4. The van der Waals surface area contributed by atoms with Gasteiger partial charge in [0.15, 0.2) is 0 Å². The van der Waals surface area contributed by atoms with Gasteiger partial charge in [-0.3, -0.25) is 9.78 Å². The molecule has 5 rings (SSSR count). The van der Waals surface area contributed by atoms with Crippen LogP contribution in [-0.4, -0.2) is 78.8 Å². The quantitative estimate of drug-likeness (QED) is 0.203. The van der Waals surface area contributed by atoms with E-state index in [0.29, 0.717) is 6.54 Å². The monoisotopic (exact) mass is 574 g/mol. The number of aliphatic carboxylic acids is 2. The second-order valence-electron chi connectivity index (χ2n) is 8.34. The van der Waals surface area contributed by atoms with Gasteiger partial charge in [-0.25, -0.2) is 19.6 Å². The number of H-pyrrole nitrogens is 1. The molecule has 1 fully saturated rings. The maximum absolute atomic E-state index is 11.2. The highest BCUT2D eigenvalue weighted by molar-refractivity contribution is 5.94. The molecule has 214 valence electrons. The molecular weight excluding hydrogens is 554 g/mol. The molecule has 1 atom stereocenters. The number of likely N-dealkylation sites (tertiary alicyclic amines) is 1. The maximum Gasteiger partial charge on any atom is 0.490 e. The van der Waals surface area contributed by atoms with Gasteiger partial charge in [0.2, 0.25) is 6.41 Å². The number of carbonyl (C=O) groups excluding carboxylic acids is 1. The van der Waals surface area contributed by atoms with E-state index >= 15 is 0 Å². The number of fused-ring (bicyclic) bond motifs is 5. The zero-order valence-corrected chi connectivity index (χ0v) is 20.1. The summed E-state index contributed by atoms with van der Waals surface area (Å²) in [5.74, 6) is -3.59. The summed E-state index contributed by atoms with van der Waals surface area (Å²) in [5, 5.41) is 17.6. The maximum atomic E-state index is 11.2. The van der Waals surface area contributed by atoms with Crippen LogP contribution in [0.4, 0.5) is 37.8 Å². The molecule has 11 nitrogen and oxygen atoms in total. The summed E-state index contributed by atoms with van der Waals surface area (Å²) in [6.07, 6.45) is -1.86. The fraction of sp³-hybridized carbons (Fsp3) is 0.304. The molecule has 0 saturated carbocycles. The van der Waals surface area contributed by atoms with Crippen LogP contribution in [-0.2, 0) is 14.4 Å². The van der Waals surface area contributed by atoms with Crippen LogP contribution in [0.3, 0.4) is 0 Å². The number of hydrogen-bond donors (Lipinski definition) is 4. The lowest BCUT2D eigenvalue weighted by Gasteiger charge is -2.28. The fourth-order valence-corrected chi connectivity index (χ4v) is 3.84. The van der Waals surface area contributed by atoms with Crippen molar-refractivity contribution in [3.8, 4) is 22.5 Å². The van der Waals surface area contributed by atoms with Gasteiger partial charge in [0.05, 0.1) is 17.6 Å². The Morgan fingerprint density at radius 1 is 1.02 bits per heavy atom. The van der Waals surface area contributed by atoms with Crippen molar-refractivity contribution in [2.24, 2.45) is 0 Å². The number of aromatic nitrogens is 4. The summed E-state index contributed by atoms with van der Waals surface area (Å²) in [7, 11) is 0. The number of carboxylic acids is 2. The van der Waals surface area contributed by atoms with Gasteiger partial charge in [-0.1, -0.05) is 0 Å². The van der Waals surface area contributed by atoms with E-state index in [4.69, 9.17) is 24.8 Å². The van der Waals surface area contributed by atoms with Crippen molar-refractivity contribution in [2.75, 3.05) is 18.4 Å². The summed E-state index contributed by atoms with van der Waals surface area (Å²) in [4.78, 5) is 48.0. The van der Waals surface area contributed by atoms with Crippen LogP contribution < -0.4 is 5.32 Å². The van der Waals surface area contributed by atoms with Gasteiger partial charge < -0.3 is 25.4 Å². The van der Waals surface area contributed by atoms with Gasteiger partial charge in [-0.15, -0.1) is 0 Å². The lowest BCUT2D eigenvalue weighted by molar-refractivity contribution is -0.193. The molecule has 0 radical (unpaired) electrons. The SMILES string of the molecule is O=C(O)C(F)(F)F.O=C(O)C(F)(F)F.O=CN1CCCC(c2nc3c([nH]2)-c2ccncc2Nc2ncccc2-3)C1. The summed E-state index contributed by atoms with van der Waals surface area (Å²) < 4.78 is 63.5. The third-order valence-electron chi connectivity index (χ3n) is 5.60. The first-order valence-electron chi connectivity index (χ1n) is 11.3. The standard InChI is InChI=1S/C19H18N6O.2C2HF3O2/c26-11-25-8-2-3-12(10-25)18-23-16-13-5-7-20-9-15(13)22-19-14(17(16)24-18)4-1-6-21-19;2*3-2(4,5)1(6)7/h1,4-7,9,11-12H,2-3,8,10H2,(H,21,22)(H,23,24);2*(H,6,7). The molecule has 0 bridgehead atoms. The number of carbonyl (C=O) groups is 3. The molecule has 3 aromatic rings. The zero-order valence-electron chi connectivity index (χ0n) is 20.1. The number of piperidine rings is 1. The summed E-state index contributed by atoms with van der Waals surface area (Å²) in [6, 6.07) is 5.92. The van der Waals surface area contributed by atoms with E-state index in [1.807, 2.05) is 23.1 Å². The Bertz CT molecular complexity index is 1290. The Labute approximate surface area is 220 Å². The van der Waals surface area contributed by atoms with Crippen molar-refractivity contribution in [3.63, 3.8) is 0 Å². The van der Waals surface area contributed by atoms with Crippen LogP contribution in [0.15, 0.2) is 36.8 Å². The number of aromatic amines is 1. The molecule has 0 aromatic carbocycles. The van der Waals surface area contributed by atoms with Crippen LogP contribution >= 0.6 is 0 Å². The Morgan fingerprint density at radius 2 is 1.68 bits per heavy atom. The van der Waals surface area contributed by atoms with Gasteiger partial charge in [0, 0.05) is 42.5 Å². The minimum atomic E-state index is -5.08. The van der Waals surface area contributed by atoms with E-state index in [-0.39, 0.29) is 5.92 Å². The van der Waals surface area contributed by atoms with Crippen molar-refractivity contribution < 1.29 is 50.9 Å². The number of rotatable bonds is 2. The number of anilines is 2. The number of imidazole rings is 1. The van der Waals surface area contributed by atoms with Gasteiger partial charge in [0.1, 0.15) is 17.3 Å². The summed E-state index contributed by atoms with van der Waals surface area (Å²) in [6.45, 7) is 1.53. The predicted octanol–water partition coefficient (Wildman–Crippen LogP) is 4.19. The summed E-state index contributed by atoms with van der Waals surface area (Å²) >= 11 is 0. The van der Waals surface area contributed by atoms with Gasteiger partial charge in [0.25, 0.3) is 0 Å². The van der Waals surface area contributed by atoms with E-state index in [0.717, 1.165) is 65.6 Å². The second kappa shape index (κ2) is 12.0. The molecule has 0 spiro atoms. The number of amides is 1. The minimum absolute atomic E-state index is 0.222. The van der Waals surface area contributed by atoms with Crippen LogP contribution in [0.1, 0.15) is 24.6 Å². The Hall–Kier alpha value is -4.70. The number of hydrogen-bond acceptors (Lipinski definition) is 7. The number of carboxylic acid groups (broad SMARTS) is 2. The molecule has 1 unspecified atom stereocenters. The fourth-order valence-electron chi connectivity index (χ4n) is 3.84. The van der Waals surface area contributed by atoms with E-state index in [2.05, 4.69) is 20.3 Å². The topological polar surface area (TPSA) is 161 Å². The molecule has 1 amide bonds. The van der Waals surface area contributed by atoms with Crippen LogP contribution in [0.2, 0.25) is 0 Å². The molecule has 1 saturated heterocycles. The number of nitrogens with zero attached hydrogens (tertiary/aromatic N) is 4. The average Bonchev–Trinajstić information content (AvgIpc) is 3.29. The van der Waals surface area contributed by atoms with Crippen LogP contribution in [0.25, 0.3) is 22.5 Å². The van der Waals surface area contributed by atoms with Crippen molar-refractivity contribution in [1.29, 1.82) is 0 Å². The third kappa shape index (κ3) is 7.23. The molecule has 2 aliphatic rings. The lowest BCUT2D eigenvalue weighted by atomic mass is 9.98. The molecule has 0 aliphatic carbocycles. The molecule has 40 heavy (non-hydrogen) atoms. The first-order chi connectivity index (χ1) is 18.7. The average molecular weight is 574 g/mol. The van der Waals surface area contributed by atoms with Crippen molar-refractivity contribution in [3.05, 3.63) is 42.6 Å². The lowest BCUT2D eigenvalue weighted by Crippen LogP contribution is -2.33. The predicted molar refractivity (Wildman–Crippen MR) is 125 cm³/mol. The summed E-state index contributed by atoms with van der Waals surface area (Å²) in [5.41, 5.74) is 4.75. The van der Waals surface area contributed by atoms with E-state index in [1.54, 1.807) is 18.6 Å². The third-order valence-corrected chi connectivity index (χ3v) is 5.60. The highest BCUT2D eigenvalue weighted by Gasteiger charge is 2.39. The van der Waals surface area contributed by atoms with Crippen molar-refractivity contribution >= 4 is 29.9 Å². The van der Waals surface area contributed by atoms with Crippen molar-refractivity contribution in [2.45, 2.75) is 31.1 Å². The number of pyridine rings is 2. The molecule has 5 heterocycles. The Balaban J connectivity index is 0.000000263. The zero-order chi connectivity index (χ0) is 29.7. The van der Waals surface area contributed by atoms with Gasteiger partial charge in [-0.05, 0) is 31.0 Å².